The number of ether oxygens (including phenoxy) is 1. The van der Waals surface area contributed by atoms with E-state index >= 15 is 0 Å². The molecule has 2 saturated heterocycles. The summed E-state index contributed by atoms with van der Waals surface area (Å²) in [6.07, 6.45) is 5.29. The summed E-state index contributed by atoms with van der Waals surface area (Å²) in [6.45, 7) is 1.67. The van der Waals surface area contributed by atoms with Crippen LogP contribution in [0.5, 0.6) is 5.75 Å². The largest absolute Gasteiger partial charge is 0.426 e. The molecule has 10 nitrogen and oxygen atoms in total. The van der Waals surface area contributed by atoms with Crippen molar-refractivity contribution in [1.82, 2.24) is 0 Å². The number of nitrogens with zero attached hydrogens (tertiary/aromatic N) is 3. The predicted octanol–water partition coefficient (Wildman–Crippen LogP) is 3.42. The van der Waals surface area contributed by atoms with Crippen LogP contribution < -0.4 is 14.5 Å². The summed E-state index contributed by atoms with van der Waals surface area (Å²) < 4.78 is 5.52. The highest BCUT2D eigenvalue weighted by molar-refractivity contribution is 6.22. The minimum Gasteiger partial charge on any atom is -0.426 e. The molecule has 0 radical (unpaired) electrons. The number of nitro benzene ring substituents is 1. The summed E-state index contributed by atoms with van der Waals surface area (Å²) in [5.74, 6) is -0.951. The van der Waals surface area contributed by atoms with Gasteiger partial charge in [0.15, 0.2) is 0 Å². The maximum Gasteiger partial charge on any atom is 0.316 e. The van der Waals surface area contributed by atoms with E-state index in [1.807, 2.05) is 0 Å². The zero-order valence-corrected chi connectivity index (χ0v) is 21.1. The Labute approximate surface area is 223 Å². The number of esters is 1. The van der Waals surface area contributed by atoms with Gasteiger partial charge in [-0.05, 0) is 67.3 Å². The van der Waals surface area contributed by atoms with Gasteiger partial charge in [-0.3, -0.25) is 34.2 Å². The first kappa shape index (κ1) is 23.8. The fourth-order valence-corrected chi connectivity index (χ4v) is 7.15. The van der Waals surface area contributed by atoms with Crippen molar-refractivity contribution in [3.63, 3.8) is 0 Å². The first-order chi connectivity index (χ1) is 18.7. The number of carbonyl (C=O) groups is 4. The predicted molar refractivity (Wildman–Crippen MR) is 138 cm³/mol. The SMILES string of the molecule is Cc1ccc(N2C[C@H](C(=O)Oc3ccc(N4C(=O)[C@@H]5[C@H]6C=C[C@@H]([C@@H]7C[C@@H]67)[C@H]5C4=O)cc3)CC2=O)cc1[N+](=O)[O-]. The second kappa shape index (κ2) is 8.33. The molecule has 7 atom stereocenters. The standard InChI is InChI=1S/C29H25N3O7/c1-14-2-3-17(11-23(14)32(37)38)30-13-15(10-24(30)33)29(36)39-18-6-4-16(5-7-18)31-27(34)25-19-8-9-20(22-12-21(19)22)26(25)28(31)35/h2-9,11,15,19-22,25-26H,10,12-13H2,1H3/t15-,19+,20+,21+,22+,25-,26-/m1/s1. The van der Waals surface area contributed by atoms with E-state index in [9.17, 15) is 29.3 Å². The van der Waals surface area contributed by atoms with Crippen LogP contribution in [0.4, 0.5) is 17.1 Å². The fourth-order valence-electron chi connectivity index (χ4n) is 7.15. The van der Waals surface area contributed by atoms with Crippen LogP contribution in [0.3, 0.4) is 0 Å². The number of anilines is 2. The maximum atomic E-state index is 13.3. The first-order valence-corrected chi connectivity index (χ1v) is 13.2. The highest BCUT2D eigenvalue weighted by Crippen LogP contribution is 2.65. The van der Waals surface area contributed by atoms with Crippen molar-refractivity contribution in [2.24, 2.45) is 41.4 Å². The number of aryl methyl sites for hydroxylation is 1. The van der Waals surface area contributed by atoms with Crippen LogP contribution in [0.1, 0.15) is 18.4 Å². The maximum absolute atomic E-state index is 13.3. The van der Waals surface area contributed by atoms with Crippen molar-refractivity contribution in [2.75, 3.05) is 16.3 Å². The molecule has 0 N–H and O–H groups in total. The van der Waals surface area contributed by atoms with Gasteiger partial charge in [0.1, 0.15) is 5.75 Å². The van der Waals surface area contributed by atoms with E-state index in [0.29, 0.717) is 28.8 Å². The van der Waals surface area contributed by atoms with Crippen molar-refractivity contribution in [1.29, 1.82) is 0 Å². The second-order valence-corrected chi connectivity index (χ2v) is 11.2. The Morgan fingerprint density at radius 2 is 1.56 bits per heavy atom. The number of rotatable bonds is 5. The second-order valence-electron chi connectivity index (χ2n) is 11.2. The molecular formula is C29H25N3O7. The number of imide groups is 1. The molecule has 0 aromatic heterocycles. The van der Waals surface area contributed by atoms with Crippen molar-refractivity contribution in [3.05, 3.63) is 70.3 Å². The van der Waals surface area contributed by atoms with Crippen LogP contribution in [0.25, 0.3) is 0 Å². The summed E-state index contributed by atoms with van der Waals surface area (Å²) in [7, 11) is 0. The molecule has 4 aliphatic carbocycles. The van der Waals surface area contributed by atoms with E-state index in [-0.39, 0.29) is 65.8 Å². The van der Waals surface area contributed by atoms with Gasteiger partial charge >= 0.3 is 5.97 Å². The number of benzene rings is 2. The van der Waals surface area contributed by atoms with Gasteiger partial charge in [0.25, 0.3) is 5.69 Å². The summed E-state index contributed by atoms with van der Waals surface area (Å²) >= 11 is 0. The van der Waals surface area contributed by atoms with Crippen LogP contribution >= 0.6 is 0 Å². The van der Waals surface area contributed by atoms with Crippen LogP contribution in [0.15, 0.2) is 54.6 Å². The third-order valence-electron chi connectivity index (χ3n) is 9.14. The van der Waals surface area contributed by atoms with Crippen LogP contribution in [-0.2, 0) is 19.2 Å². The van der Waals surface area contributed by atoms with E-state index in [1.165, 1.54) is 28.0 Å². The highest BCUT2D eigenvalue weighted by Gasteiger charge is 2.67. The average molecular weight is 528 g/mol. The molecule has 2 aliphatic heterocycles. The van der Waals surface area contributed by atoms with Crippen molar-refractivity contribution in [3.8, 4) is 5.75 Å². The monoisotopic (exact) mass is 527 g/mol. The molecule has 8 rings (SSSR count). The van der Waals surface area contributed by atoms with Crippen LogP contribution in [0.2, 0.25) is 0 Å². The summed E-state index contributed by atoms with van der Waals surface area (Å²) in [5, 5.41) is 11.3. The Balaban J connectivity index is 1.03. The molecule has 2 aromatic carbocycles. The third kappa shape index (κ3) is 3.54. The van der Waals surface area contributed by atoms with Crippen molar-refractivity contribution in [2.45, 2.75) is 19.8 Å². The van der Waals surface area contributed by atoms with E-state index in [4.69, 9.17) is 4.74 Å². The lowest BCUT2D eigenvalue weighted by atomic mass is 9.63. The number of carbonyl (C=O) groups excluding carboxylic acids is 4. The lowest BCUT2D eigenvalue weighted by Crippen LogP contribution is -2.40. The molecule has 2 heterocycles. The van der Waals surface area contributed by atoms with Gasteiger partial charge in [-0.15, -0.1) is 0 Å². The highest BCUT2D eigenvalue weighted by atomic mass is 16.6. The minimum absolute atomic E-state index is 0.0495. The molecule has 39 heavy (non-hydrogen) atoms. The molecule has 2 bridgehead atoms. The Hall–Kier alpha value is -4.34. The van der Waals surface area contributed by atoms with E-state index in [0.717, 1.165) is 6.42 Å². The number of allylic oxidation sites excluding steroid dienone is 2. The molecule has 198 valence electrons. The van der Waals surface area contributed by atoms with Crippen LogP contribution in [0, 0.1) is 58.5 Å². The number of amides is 3. The molecule has 2 saturated carbocycles. The van der Waals surface area contributed by atoms with Gasteiger partial charge in [-0.2, -0.15) is 0 Å². The van der Waals surface area contributed by atoms with Gasteiger partial charge in [-0.25, -0.2) is 0 Å². The van der Waals surface area contributed by atoms with Gasteiger partial charge < -0.3 is 9.64 Å². The Kier molecular flexibility index (Phi) is 5.07. The molecule has 10 heteroatoms. The normalized spacial score (nSPS) is 31.9. The van der Waals surface area contributed by atoms with E-state index < -0.39 is 16.8 Å². The Morgan fingerprint density at radius 1 is 0.949 bits per heavy atom. The van der Waals surface area contributed by atoms with Crippen molar-refractivity contribution >= 4 is 40.8 Å². The molecule has 0 unspecified atom stereocenters. The molecule has 6 aliphatic rings. The van der Waals surface area contributed by atoms with Gasteiger partial charge in [0, 0.05) is 24.6 Å². The van der Waals surface area contributed by atoms with Crippen molar-refractivity contribution < 1.29 is 28.8 Å². The van der Waals surface area contributed by atoms with E-state index in [2.05, 4.69) is 12.2 Å². The van der Waals surface area contributed by atoms with Gasteiger partial charge in [0.05, 0.1) is 34.1 Å². The first-order valence-electron chi connectivity index (χ1n) is 13.2. The van der Waals surface area contributed by atoms with E-state index in [1.54, 1.807) is 31.2 Å². The lowest BCUT2D eigenvalue weighted by molar-refractivity contribution is -0.385. The Morgan fingerprint density at radius 3 is 2.18 bits per heavy atom. The summed E-state index contributed by atoms with van der Waals surface area (Å²) in [5.41, 5.74) is 1.20. The lowest BCUT2D eigenvalue weighted by Gasteiger charge is -2.37. The third-order valence-corrected chi connectivity index (χ3v) is 9.14. The molecule has 2 aromatic rings. The van der Waals surface area contributed by atoms with Crippen LogP contribution in [-0.4, -0.2) is 35.2 Å². The molecule has 0 spiro atoms. The summed E-state index contributed by atoms with van der Waals surface area (Å²) in [4.78, 5) is 65.5. The molecule has 4 fully saturated rings. The molecule has 3 amide bonds. The zero-order valence-electron chi connectivity index (χ0n) is 21.1. The van der Waals surface area contributed by atoms with Gasteiger partial charge in [-0.1, -0.05) is 18.2 Å². The topological polar surface area (TPSA) is 127 Å². The van der Waals surface area contributed by atoms with Gasteiger partial charge in [0.2, 0.25) is 17.7 Å². The molecular weight excluding hydrogens is 502 g/mol. The summed E-state index contributed by atoms with van der Waals surface area (Å²) in [6, 6.07) is 10.8. The number of nitro groups is 1. The fraction of sp³-hybridized carbons (Fsp3) is 0.379. The average Bonchev–Trinajstić information content (AvgIpc) is 3.60. The Bertz CT molecular complexity index is 1460. The smallest absolute Gasteiger partial charge is 0.316 e. The number of hydrogen-bond donors (Lipinski definition) is 0. The minimum atomic E-state index is -0.739. The zero-order chi connectivity index (χ0) is 27.2. The number of hydrogen-bond acceptors (Lipinski definition) is 7. The quantitative estimate of drug-likeness (QED) is 0.146.